The first-order valence-corrected chi connectivity index (χ1v) is 13.4. The van der Waals surface area contributed by atoms with Gasteiger partial charge in [0.2, 0.25) is 11.8 Å². The van der Waals surface area contributed by atoms with Gasteiger partial charge in [-0.3, -0.25) is 9.59 Å². The van der Waals surface area contributed by atoms with Crippen molar-refractivity contribution in [3.05, 3.63) is 35.9 Å². The second-order valence-electron chi connectivity index (χ2n) is 10.6. The Balaban J connectivity index is 1.80. The Bertz CT molecular complexity index is 876. The summed E-state index contributed by atoms with van der Waals surface area (Å²) >= 11 is 0. The van der Waals surface area contributed by atoms with Gasteiger partial charge in [0.1, 0.15) is 18.2 Å². The van der Waals surface area contributed by atoms with Crippen molar-refractivity contribution in [3.8, 4) is 0 Å². The summed E-state index contributed by atoms with van der Waals surface area (Å²) in [4.78, 5) is 41.6. The zero-order chi connectivity index (χ0) is 26.2. The van der Waals surface area contributed by atoms with Crippen molar-refractivity contribution < 1.29 is 29.3 Å². The van der Waals surface area contributed by atoms with E-state index >= 15 is 0 Å². The van der Waals surface area contributed by atoms with Gasteiger partial charge in [0, 0.05) is 19.4 Å². The summed E-state index contributed by atoms with van der Waals surface area (Å²) < 4.78 is 5.96. The number of benzene rings is 1. The number of nitrogens with one attached hydrogen (secondary N) is 1. The molecule has 0 aliphatic carbocycles. The van der Waals surface area contributed by atoms with Crippen LogP contribution in [0.1, 0.15) is 71.3 Å². The van der Waals surface area contributed by atoms with Crippen molar-refractivity contribution in [1.82, 2.24) is 10.2 Å². The van der Waals surface area contributed by atoms with Crippen LogP contribution in [0.3, 0.4) is 0 Å². The molecule has 8 heteroatoms. The number of nitrogens with zero attached hydrogens (tertiary/aromatic N) is 1. The van der Waals surface area contributed by atoms with Crippen LogP contribution in [0.2, 0.25) is 0 Å². The van der Waals surface area contributed by atoms with Crippen LogP contribution in [0, 0.1) is 11.8 Å². The molecule has 3 rings (SSSR count). The Morgan fingerprint density at radius 3 is 2.50 bits per heavy atom. The highest BCUT2D eigenvalue weighted by Gasteiger charge is 2.41. The van der Waals surface area contributed by atoms with Crippen molar-refractivity contribution in [2.45, 2.75) is 103 Å². The second kappa shape index (κ2) is 13.2. The van der Waals surface area contributed by atoms with Crippen LogP contribution in [0.15, 0.2) is 30.3 Å². The van der Waals surface area contributed by atoms with Gasteiger partial charge in [-0.2, -0.15) is 0 Å². The molecule has 1 aromatic rings. The molecule has 0 saturated carbocycles. The van der Waals surface area contributed by atoms with Gasteiger partial charge >= 0.3 is 5.97 Å². The van der Waals surface area contributed by atoms with E-state index in [1.165, 1.54) is 0 Å². The van der Waals surface area contributed by atoms with Gasteiger partial charge in [0.05, 0.1) is 18.1 Å². The van der Waals surface area contributed by atoms with Crippen molar-refractivity contribution in [3.63, 3.8) is 0 Å². The van der Waals surface area contributed by atoms with Gasteiger partial charge < -0.3 is 25.2 Å². The number of hydrogen-bond donors (Lipinski definition) is 3. The molecule has 2 aliphatic rings. The normalized spacial score (nSPS) is 29.4. The molecule has 1 aromatic carbocycles. The van der Waals surface area contributed by atoms with Gasteiger partial charge in [-0.15, -0.1) is 0 Å². The Morgan fingerprint density at radius 2 is 1.81 bits per heavy atom. The SMILES string of the molecule is C[C@H](O)CCCC[C@H](C)[C@H]1C[C@H](O)[C@H](C)C(=O)N[C@H](Cc2ccccc2)C(=O)N2CCC[C@H]2C(=O)O1. The van der Waals surface area contributed by atoms with Crippen LogP contribution >= 0.6 is 0 Å². The number of cyclic esters (lactones) is 1. The van der Waals surface area contributed by atoms with Crippen LogP contribution in [0.4, 0.5) is 0 Å². The third kappa shape index (κ3) is 7.53. The second-order valence-corrected chi connectivity index (χ2v) is 10.6. The molecule has 36 heavy (non-hydrogen) atoms. The first-order valence-electron chi connectivity index (χ1n) is 13.4. The quantitative estimate of drug-likeness (QED) is 0.372. The molecule has 2 amide bonds. The summed E-state index contributed by atoms with van der Waals surface area (Å²) in [6.45, 7) is 5.83. The highest BCUT2D eigenvalue weighted by molar-refractivity contribution is 5.92. The van der Waals surface area contributed by atoms with Crippen LogP contribution in [-0.2, 0) is 25.5 Å². The predicted octanol–water partition coefficient (Wildman–Crippen LogP) is 2.59. The summed E-state index contributed by atoms with van der Waals surface area (Å²) in [7, 11) is 0. The fourth-order valence-electron chi connectivity index (χ4n) is 5.16. The molecule has 0 aromatic heterocycles. The fourth-order valence-corrected chi connectivity index (χ4v) is 5.16. The number of rotatable bonds is 8. The van der Waals surface area contributed by atoms with Crippen molar-refractivity contribution in [2.24, 2.45) is 11.8 Å². The standard InChI is InChI=1S/C28H42N2O6/c1-18(10-7-8-11-19(2)31)25-17-24(32)20(3)26(33)29-22(16-21-12-5-4-6-13-21)27(34)30-15-9-14-23(30)28(35)36-25/h4-6,12-13,18-20,22-25,31-32H,7-11,14-17H2,1-3H3,(H,29,33)/t18-,19-,20-,22+,23-,24-,25+/m0/s1. The van der Waals surface area contributed by atoms with E-state index < -0.39 is 36.2 Å². The number of hydrogen-bond acceptors (Lipinski definition) is 6. The Hall–Kier alpha value is -2.45. The number of fused-ring (bicyclic) bond motifs is 1. The van der Waals surface area contributed by atoms with E-state index in [1.807, 2.05) is 37.3 Å². The molecular weight excluding hydrogens is 460 g/mol. The van der Waals surface area contributed by atoms with E-state index in [0.29, 0.717) is 32.2 Å². The molecule has 8 nitrogen and oxygen atoms in total. The Kier molecular flexibility index (Phi) is 10.3. The monoisotopic (exact) mass is 502 g/mol. The number of esters is 1. The van der Waals surface area contributed by atoms with Gasteiger partial charge in [-0.1, -0.05) is 57.0 Å². The molecule has 3 N–H and O–H groups in total. The maximum Gasteiger partial charge on any atom is 0.329 e. The lowest BCUT2D eigenvalue weighted by molar-refractivity contribution is -0.163. The number of carbonyl (C=O) groups is 3. The summed E-state index contributed by atoms with van der Waals surface area (Å²) in [6, 6.07) is 7.93. The Morgan fingerprint density at radius 1 is 1.11 bits per heavy atom. The summed E-state index contributed by atoms with van der Waals surface area (Å²) in [6.07, 6.45) is 2.93. The van der Waals surface area contributed by atoms with Gasteiger partial charge in [-0.05, 0) is 44.1 Å². The lowest BCUT2D eigenvalue weighted by atomic mass is 9.89. The highest BCUT2D eigenvalue weighted by atomic mass is 16.5. The van der Waals surface area contributed by atoms with Crippen molar-refractivity contribution in [1.29, 1.82) is 0 Å². The predicted molar refractivity (Wildman–Crippen MR) is 136 cm³/mol. The molecule has 2 heterocycles. The topological polar surface area (TPSA) is 116 Å². The average Bonchev–Trinajstić information content (AvgIpc) is 3.34. The molecular formula is C28H42N2O6. The van der Waals surface area contributed by atoms with Gasteiger partial charge in [0.15, 0.2) is 0 Å². The van der Waals surface area contributed by atoms with Crippen LogP contribution < -0.4 is 5.32 Å². The third-order valence-electron chi connectivity index (χ3n) is 7.60. The number of ether oxygens (including phenoxy) is 1. The molecule has 0 bridgehead atoms. The molecule has 7 atom stereocenters. The number of unbranched alkanes of at least 4 members (excludes halogenated alkanes) is 1. The lowest BCUT2D eigenvalue weighted by Gasteiger charge is -2.34. The lowest BCUT2D eigenvalue weighted by Crippen LogP contribution is -2.55. The fraction of sp³-hybridized carbons (Fsp3) is 0.679. The maximum absolute atomic E-state index is 13.6. The summed E-state index contributed by atoms with van der Waals surface area (Å²) in [5, 5.41) is 23.3. The first-order chi connectivity index (χ1) is 17.2. The first kappa shape index (κ1) is 28.1. The summed E-state index contributed by atoms with van der Waals surface area (Å²) in [5.41, 5.74) is 0.902. The average molecular weight is 503 g/mol. The van der Waals surface area contributed by atoms with E-state index in [0.717, 1.165) is 24.8 Å². The van der Waals surface area contributed by atoms with Crippen LogP contribution in [-0.4, -0.2) is 69.8 Å². The molecule has 2 fully saturated rings. The third-order valence-corrected chi connectivity index (χ3v) is 7.60. The Labute approximate surface area is 214 Å². The largest absolute Gasteiger partial charge is 0.460 e. The minimum atomic E-state index is -1.02. The van der Waals surface area contributed by atoms with E-state index in [-0.39, 0.29) is 30.3 Å². The molecule has 0 spiro atoms. The maximum atomic E-state index is 13.6. The zero-order valence-electron chi connectivity index (χ0n) is 21.8. The minimum Gasteiger partial charge on any atom is -0.460 e. The number of carbonyl (C=O) groups excluding carboxylic acids is 3. The highest BCUT2D eigenvalue weighted by Crippen LogP contribution is 2.27. The van der Waals surface area contributed by atoms with Crippen molar-refractivity contribution in [2.75, 3.05) is 6.54 Å². The summed E-state index contributed by atoms with van der Waals surface area (Å²) in [5.74, 6) is -1.92. The number of amides is 2. The number of aliphatic hydroxyl groups excluding tert-OH is 2. The molecule has 0 unspecified atom stereocenters. The minimum absolute atomic E-state index is 0.0350. The van der Waals surface area contributed by atoms with Crippen LogP contribution in [0.5, 0.6) is 0 Å². The van der Waals surface area contributed by atoms with E-state index in [4.69, 9.17) is 4.74 Å². The molecule has 2 saturated heterocycles. The van der Waals surface area contributed by atoms with Crippen molar-refractivity contribution >= 4 is 17.8 Å². The van der Waals surface area contributed by atoms with E-state index in [1.54, 1.807) is 18.7 Å². The van der Waals surface area contributed by atoms with E-state index in [2.05, 4.69) is 5.32 Å². The smallest absolute Gasteiger partial charge is 0.329 e. The number of aliphatic hydroxyl groups is 2. The molecule has 0 radical (unpaired) electrons. The van der Waals surface area contributed by atoms with Gasteiger partial charge in [-0.25, -0.2) is 4.79 Å². The van der Waals surface area contributed by atoms with Gasteiger partial charge in [0.25, 0.3) is 0 Å². The van der Waals surface area contributed by atoms with E-state index in [9.17, 15) is 24.6 Å². The molecule has 2 aliphatic heterocycles. The molecule has 200 valence electrons. The van der Waals surface area contributed by atoms with Crippen LogP contribution in [0.25, 0.3) is 0 Å². The zero-order valence-corrected chi connectivity index (χ0v) is 21.8.